The number of hydrogen-bond acceptors (Lipinski definition) is 4. The number of carbonyl (C=O) groups is 1. The highest BCUT2D eigenvalue weighted by atomic mass is 32.2. The number of nitrogens with zero attached hydrogens (tertiary/aromatic N) is 2. The zero-order valence-corrected chi connectivity index (χ0v) is 9.57. The Kier molecular flexibility index (Phi) is 3.62. The molecule has 0 N–H and O–H groups in total. The molecule has 0 radical (unpaired) electrons. The highest BCUT2D eigenvalue weighted by Crippen LogP contribution is 2.02. The molecule has 0 amide bonds. The van der Waals surface area contributed by atoms with Gasteiger partial charge in [0.25, 0.3) is 0 Å². The third kappa shape index (κ3) is 3.16. The number of carbonyl (C=O) groups excluding carboxylic acids is 1. The van der Waals surface area contributed by atoms with Crippen LogP contribution in [-0.4, -0.2) is 35.3 Å². The molecule has 0 unspecified atom stereocenters. The van der Waals surface area contributed by atoms with Gasteiger partial charge in [-0.1, -0.05) is 0 Å². The quantitative estimate of drug-likeness (QED) is 0.691. The van der Waals surface area contributed by atoms with E-state index in [0.29, 0.717) is 18.5 Å². The van der Waals surface area contributed by atoms with Gasteiger partial charge in [-0.25, -0.2) is 13.4 Å². The lowest BCUT2D eigenvalue weighted by molar-refractivity contribution is 0.111. The smallest absolute Gasteiger partial charge is 0.169 e. The molecule has 1 rings (SSSR count). The predicted octanol–water partition coefficient (Wildman–Crippen LogP) is 0.519. The molecule has 0 saturated heterocycles. The Balaban J connectivity index is 2.61. The van der Waals surface area contributed by atoms with Gasteiger partial charge in [-0.3, -0.25) is 4.79 Å². The SMILES string of the molecule is CC(C)S(=O)(=O)CCn1cnc(C=O)c1. The minimum atomic E-state index is -3.03. The van der Waals surface area contributed by atoms with E-state index in [4.69, 9.17) is 0 Å². The Bertz CT molecular complexity index is 434. The van der Waals surface area contributed by atoms with Crippen molar-refractivity contribution in [1.82, 2.24) is 9.55 Å². The van der Waals surface area contributed by atoms with Gasteiger partial charge in [-0.15, -0.1) is 0 Å². The molecule has 0 aromatic carbocycles. The molecular formula is C9H14N2O3S. The second-order valence-electron chi connectivity index (χ2n) is 3.57. The van der Waals surface area contributed by atoms with Crippen LogP contribution >= 0.6 is 0 Å². The summed E-state index contributed by atoms with van der Waals surface area (Å²) in [6.45, 7) is 3.64. The fourth-order valence-electron chi connectivity index (χ4n) is 1.03. The monoisotopic (exact) mass is 230 g/mol. The minimum Gasteiger partial charge on any atom is -0.336 e. The van der Waals surface area contributed by atoms with Crippen molar-refractivity contribution in [3.63, 3.8) is 0 Å². The maximum absolute atomic E-state index is 11.5. The second kappa shape index (κ2) is 4.57. The molecule has 6 heteroatoms. The number of aromatic nitrogens is 2. The first-order chi connectivity index (χ1) is 6.95. The summed E-state index contributed by atoms with van der Waals surface area (Å²) in [6.07, 6.45) is 3.62. The maximum Gasteiger partial charge on any atom is 0.169 e. The Labute approximate surface area is 89.0 Å². The molecule has 0 aliphatic heterocycles. The lowest BCUT2D eigenvalue weighted by Gasteiger charge is -2.07. The summed E-state index contributed by atoms with van der Waals surface area (Å²) in [5.74, 6) is 0.0688. The molecule has 1 aromatic heterocycles. The summed E-state index contributed by atoms with van der Waals surface area (Å²) in [7, 11) is -3.03. The summed E-state index contributed by atoms with van der Waals surface area (Å²) in [5.41, 5.74) is 0.317. The summed E-state index contributed by atoms with van der Waals surface area (Å²) in [6, 6.07) is 0. The van der Waals surface area contributed by atoms with E-state index in [1.54, 1.807) is 18.4 Å². The Morgan fingerprint density at radius 2 is 2.20 bits per heavy atom. The summed E-state index contributed by atoms with van der Waals surface area (Å²) in [4.78, 5) is 14.1. The van der Waals surface area contributed by atoms with Crippen molar-refractivity contribution in [2.45, 2.75) is 25.6 Å². The van der Waals surface area contributed by atoms with Crippen molar-refractivity contribution in [1.29, 1.82) is 0 Å². The van der Waals surface area contributed by atoms with E-state index in [2.05, 4.69) is 4.98 Å². The number of sulfone groups is 1. The van der Waals surface area contributed by atoms with Gasteiger partial charge in [0, 0.05) is 12.7 Å². The third-order valence-corrected chi connectivity index (χ3v) is 4.31. The lowest BCUT2D eigenvalue weighted by atomic mass is 10.5. The average Bonchev–Trinajstić information content (AvgIpc) is 2.62. The van der Waals surface area contributed by atoms with E-state index >= 15 is 0 Å². The van der Waals surface area contributed by atoms with Gasteiger partial charge < -0.3 is 4.57 Å². The molecule has 0 bridgehead atoms. The second-order valence-corrected chi connectivity index (χ2v) is 6.25. The molecule has 0 aliphatic rings. The Morgan fingerprint density at radius 1 is 1.53 bits per heavy atom. The first-order valence-corrected chi connectivity index (χ1v) is 6.36. The average molecular weight is 230 g/mol. The number of aryl methyl sites for hydroxylation is 1. The molecule has 84 valence electrons. The number of hydrogen-bond donors (Lipinski definition) is 0. The van der Waals surface area contributed by atoms with Gasteiger partial charge in [0.05, 0.1) is 17.3 Å². The summed E-state index contributed by atoms with van der Waals surface area (Å²) < 4.78 is 24.6. The predicted molar refractivity (Wildman–Crippen MR) is 56.5 cm³/mol. The van der Waals surface area contributed by atoms with E-state index in [9.17, 15) is 13.2 Å². The highest BCUT2D eigenvalue weighted by molar-refractivity contribution is 7.91. The molecule has 1 heterocycles. The van der Waals surface area contributed by atoms with E-state index in [0.717, 1.165) is 0 Å². The topological polar surface area (TPSA) is 69.0 Å². The van der Waals surface area contributed by atoms with Crippen LogP contribution in [0.25, 0.3) is 0 Å². The van der Waals surface area contributed by atoms with Crippen molar-refractivity contribution in [3.8, 4) is 0 Å². The van der Waals surface area contributed by atoms with Gasteiger partial charge in [0.15, 0.2) is 16.1 Å². The van der Waals surface area contributed by atoms with E-state index in [-0.39, 0.29) is 11.0 Å². The molecule has 0 aliphatic carbocycles. The molecule has 5 nitrogen and oxygen atoms in total. The van der Waals surface area contributed by atoms with Crippen molar-refractivity contribution >= 4 is 16.1 Å². The number of aldehydes is 1. The van der Waals surface area contributed by atoms with Crippen LogP contribution in [0.2, 0.25) is 0 Å². The molecule has 0 atom stereocenters. The largest absolute Gasteiger partial charge is 0.336 e. The molecule has 0 spiro atoms. The maximum atomic E-state index is 11.5. The van der Waals surface area contributed by atoms with Crippen LogP contribution in [0.15, 0.2) is 12.5 Å². The summed E-state index contributed by atoms with van der Waals surface area (Å²) >= 11 is 0. The lowest BCUT2D eigenvalue weighted by Crippen LogP contribution is -2.20. The van der Waals surface area contributed by atoms with Crippen molar-refractivity contribution in [3.05, 3.63) is 18.2 Å². The zero-order valence-electron chi connectivity index (χ0n) is 8.75. The van der Waals surface area contributed by atoms with Crippen molar-refractivity contribution in [2.75, 3.05) is 5.75 Å². The Hall–Kier alpha value is -1.17. The van der Waals surface area contributed by atoms with E-state index in [1.807, 2.05) is 0 Å². The van der Waals surface area contributed by atoms with Gasteiger partial charge in [0.2, 0.25) is 0 Å². The van der Waals surface area contributed by atoms with Crippen LogP contribution in [0.5, 0.6) is 0 Å². The normalized spacial score (nSPS) is 11.9. The van der Waals surface area contributed by atoms with Crippen LogP contribution < -0.4 is 0 Å². The van der Waals surface area contributed by atoms with Crippen LogP contribution in [0.4, 0.5) is 0 Å². The van der Waals surface area contributed by atoms with Crippen molar-refractivity contribution < 1.29 is 13.2 Å². The fourth-order valence-corrected chi connectivity index (χ4v) is 1.97. The zero-order chi connectivity index (χ0) is 11.5. The molecule has 15 heavy (non-hydrogen) atoms. The van der Waals surface area contributed by atoms with Gasteiger partial charge in [0.1, 0.15) is 5.69 Å². The van der Waals surface area contributed by atoms with E-state index in [1.165, 1.54) is 12.5 Å². The Morgan fingerprint density at radius 3 is 2.67 bits per heavy atom. The van der Waals surface area contributed by atoms with Crippen molar-refractivity contribution in [2.24, 2.45) is 0 Å². The van der Waals surface area contributed by atoms with Gasteiger partial charge in [-0.05, 0) is 13.8 Å². The third-order valence-electron chi connectivity index (χ3n) is 2.13. The molecular weight excluding hydrogens is 216 g/mol. The minimum absolute atomic E-state index is 0.0688. The van der Waals surface area contributed by atoms with Crippen LogP contribution in [0.3, 0.4) is 0 Å². The molecule has 1 aromatic rings. The first kappa shape index (κ1) is 11.9. The van der Waals surface area contributed by atoms with E-state index < -0.39 is 9.84 Å². The van der Waals surface area contributed by atoms with Crippen LogP contribution in [0.1, 0.15) is 24.3 Å². The molecule has 0 fully saturated rings. The standard InChI is InChI=1S/C9H14N2O3S/c1-8(2)15(13,14)4-3-11-5-9(6-12)10-7-11/h5-8H,3-4H2,1-2H3. The van der Waals surface area contributed by atoms with Crippen LogP contribution in [0, 0.1) is 0 Å². The number of imidazole rings is 1. The van der Waals surface area contributed by atoms with Gasteiger partial charge >= 0.3 is 0 Å². The van der Waals surface area contributed by atoms with Crippen LogP contribution in [-0.2, 0) is 16.4 Å². The first-order valence-electron chi connectivity index (χ1n) is 4.64. The summed E-state index contributed by atoms with van der Waals surface area (Å²) in [5, 5.41) is -0.369. The molecule has 0 saturated carbocycles. The van der Waals surface area contributed by atoms with Gasteiger partial charge in [-0.2, -0.15) is 0 Å². The highest BCUT2D eigenvalue weighted by Gasteiger charge is 2.15. The number of rotatable bonds is 5. The fraction of sp³-hybridized carbons (Fsp3) is 0.556.